The molecule has 0 saturated carbocycles. The molecular formula is C7H12P2. The van der Waals surface area contributed by atoms with Crippen molar-refractivity contribution in [2.45, 2.75) is 20.8 Å². The van der Waals surface area contributed by atoms with Gasteiger partial charge in [-0.15, -0.1) is 7.53 Å². The second-order valence-electron chi connectivity index (χ2n) is 2.39. The zero-order valence-electron chi connectivity index (χ0n) is 6.39. The van der Waals surface area contributed by atoms with E-state index < -0.39 is 0 Å². The topological polar surface area (TPSA) is 0 Å². The zero-order chi connectivity index (χ0) is 7.02. The van der Waals surface area contributed by atoms with Crippen LogP contribution in [0.2, 0.25) is 0 Å². The van der Waals surface area contributed by atoms with Gasteiger partial charge in [0.1, 0.15) is 0 Å². The van der Waals surface area contributed by atoms with Crippen molar-refractivity contribution in [2.24, 2.45) is 6.66 Å². The van der Waals surface area contributed by atoms with Crippen molar-refractivity contribution in [1.29, 1.82) is 0 Å². The Morgan fingerprint density at radius 1 is 1.22 bits per heavy atom. The van der Waals surface area contributed by atoms with Crippen LogP contribution < -0.4 is 0 Å². The highest BCUT2D eigenvalue weighted by Crippen LogP contribution is 2.44. The number of aryl methyl sites for hydroxylation is 2. The van der Waals surface area contributed by atoms with Crippen LogP contribution in [-0.2, 0) is 6.66 Å². The van der Waals surface area contributed by atoms with Gasteiger partial charge < -0.3 is 0 Å². The molecule has 1 unspecified atom stereocenters. The van der Waals surface area contributed by atoms with Crippen LogP contribution in [0.5, 0.6) is 0 Å². The Balaban J connectivity index is 3.29. The SMILES string of the molecule is Cc1pc(C)p(C)c1C. The molecule has 0 aliphatic carbocycles. The van der Waals surface area contributed by atoms with E-state index in [9.17, 15) is 0 Å². The summed E-state index contributed by atoms with van der Waals surface area (Å²) >= 11 is 0. The third-order valence-corrected chi connectivity index (χ3v) is 6.52. The highest BCUT2D eigenvalue weighted by molar-refractivity contribution is 7.60. The predicted molar refractivity (Wildman–Crippen MR) is 46.9 cm³/mol. The highest BCUT2D eigenvalue weighted by Gasteiger charge is 2.01. The van der Waals surface area contributed by atoms with Crippen LogP contribution in [0.4, 0.5) is 0 Å². The van der Waals surface area contributed by atoms with E-state index in [0.29, 0.717) is 0 Å². The fourth-order valence-electron chi connectivity index (χ4n) is 0.884. The number of rotatable bonds is 0. The third kappa shape index (κ3) is 1.20. The van der Waals surface area contributed by atoms with Crippen molar-refractivity contribution in [3.63, 3.8) is 0 Å². The molecule has 1 rings (SSSR count). The van der Waals surface area contributed by atoms with E-state index in [-0.39, 0.29) is 7.53 Å². The molecule has 0 spiro atoms. The van der Waals surface area contributed by atoms with Crippen molar-refractivity contribution >= 4 is 15.7 Å². The molecule has 1 atom stereocenters. The first-order valence-corrected chi connectivity index (χ1v) is 5.77. The van der Waals surface area contributed by atoms with Gasteiger partial charge in [0.25, 0.3) is 0 Å². The summed E-state index contributed by atoms with van der Waals surface area (Å²) in [6.45, 7) is 9.13. The second-order valence-corrected chi connectivity index (χ2v) is 6.77. The van der Waals surface area contributed by atoms with Crippen LogP contribution in [-0.4, -0.2) is 0 Å². The van der Waals surface area contributed by atoms with Gasteiger partial charge in [0.15, 0.2) is 0 Å². The predicted octanol–water partition coefficient (Wildman–Crippen LogP) is 3.72. The van der Waals surface area contributed by atoms with Gasteiger partial charge in [0.05, 0.1) is 0 Å². The molecule has 1 aromatic heterocycles. The van der Waals surface area contributed by atoms with Crippen molar-refractivity contribution in [2.75, 3.05) is 0 Å². The lowest BCUT2D eigenvalue weighted by molar-refractivity contribution is 1.51. The minimum atomic E-state index is 0.157. The summed E-state index contributed by atoms with van der Waals surface area (Å²) in [5.74, 6) is 0. The first kappa shape index (κ1) is 7.32. The summed E-state index contributed by atoms with van der Waals surface area (Å²) < 4.78 is 0. The molecule has 1 aromatic rings. The van der Waals surface area contributed by atoms with E-state index in [1.165, 1.54) is 8.19 Å². The summed E-state index contributed by atoms with van der Waals surface area (Å²) in [5.41, 5.74) is 0. The van der Waals surface area contributed by atoms with Crippen molar-refractivity contribution in [3.05, 3.63) is 15.6 Å². The van der Waals surface area contributed by atoms with Crippen molar-refractivity contribution in [1.82, 2.24) is 0 Å². The summed E-state index contributed by atoms with van der Waals surface area (Å²) in [6, 6.07) is 0. The Hall–Kier alpha value is 0.210. The first-order chi connectivity index (χ1) is 4.13. The highest BCUT2D eigenvalue weighted by atomic mass is 31.1. The zero-order valence-corrected chi connectivity index (χ0v) is 8.18. The minimum Gasteiger partial charge on any atom is -0.117 e. The average molecular weight is 158 g/mol. The van der Waals surface area contributed by atoms with Crippen LogP contribution in [0.3, 0.4) is 0 Å². The molecule has 0 saturated heterocycles. The fourth-order valence-corrected chi connectivity index (χ4v) is 4.60. The largest absolute Gasteiger partial charge is 0.117 e. The average Bonchev–Trinajstić information content (AvgIpc) is 1.98. The quantitative estimate of drug-likeness (QED) is 0.539. The van der Waals surface area contributed by atoms with Crippen LogP contribution >= 0.6 is 15.7 Å². The fraction of sp³-hybridized carbons (Fsp3) is 0.571. The summed E-state index contributed by atoms with van der Waals surface area (Å²) in [5, 5.41) is 4.89. The van der Waals surface area contributed by atoms with Crippen LogP contribution in [0.1, 0.15) is 15.6 Å². The number of hydrogen-bond acceptors (Lipinski definition) is 0. The maximum atomic E-state index is 2.35. The van der Waals surface area contributed by atoms with E-state index in [1.807, 2.05) is 0 Å². The standard InChI is InChI=1S/C7H12P2/c1-5-6(2)9(4)7(3)8-5/h1-4H3. The molecular weight excluding hydrogens is 146 g/mol. The molecule has 0 aliphatic heterocycles. The smallest absolute Gasteiger partial charge is 0.00401 e. The molecule has 0 aromatic carbocycles. The molecule has 0 nitrogen and oxygen atoms in total. The van der Waals surface area contributed by atoms with Gasteiger partial charge in [-0.25, -0.2) is 0 Å². The Bertz CT molecular complexity index is 201. The Morgan fingerprint density at radius 3 is 1.89 bits per heavy atom. The Kier molecular flexibility index (Phi) is 1.99. The van der Waals surface area contributed by atoms with E-state index in [2.05, 4.69) is 27.4 Å². The van der Waals surface area contributed by atoms with Gasteiger partial charge in [-0.1, -0.05) is 8.19 Å². The molecule has 2 heteroatoms. The summed E-state index contributed by atoms with van der Waals surface area (Å²) in [4.78, 5) is 0. The second kappa shape index (κ2) is 2.45. The normalized spacial score (nSPS) is 13.1. The van der Waals surface area contributed by atoms with Crippen LogP contribution in [0.15, 0.2) is 0 Å². The molecule has 50 valence electrons. The van der Waals surface area contributed by atoms with Crippen LogP contribution in [0, 0.1) is 20.8 Å². The van der Waals surface area contributed by atoms with Crippen molar-refractivity contribution < 1.29 is 0 Å². The van der Waals surface area contributed by atoms with E-state index in [4.69, 9.17) is 0 Å². The minimum absolute atomic E-state index is 0.157. The van der Waals surface area contributed by atoms with Gasteiger partial charge in [-0.05, 0) is 43.1 Å². The molecule has 1 heterocycles. The maximum absolute atomic E-state index is 2.35. The van der Waals surface area contributed by atoms with Gasteiger partial charge in [-0.2, -0.15) is 0 Å². The van der Waals surface area contributed by atoms with E-state index in [0.717, 1.165) is 0 Å². The summed E-state index contributed by atoms with van der Waals surface area (Å²) in [6.07, 6.45) is 0. The summed E-state index contributed by atoms with van der Waals surface area (Å²) in [7, 11) is 1.66. The lowest BCUT2D eigenvalue weighted by Gasteiger charge is -1.91. The van der Waals surface area contributed by atoms with E-state index in [1.54, 1.807) is 15.6 Å². The molecule has 0 radical (unpaired) electrons. The van der Waals surface area contributed by atoms with Gasteiger partial charge in [0, 0.05) is 0 Å². The van der Waals surface area contributed by atoms with Gasteiger partial charge in [-0.3, -0.25) is 0 Å². The van der Waals surface area contributed by atoms with Gasteiger partial charge in [0.2, 0.25) is 0 Å². The molecule has 0 fully saturated rings. The molecule has 0 amide bonds. The lowest BCUT2D eigenvalue weighted by Crippen LogP contribution is -1.61. The van der Waals surface area contributed by atoms with Crippen molar-refractivity contribution in [3.8, 4) is 0 Å². The first-order valence-electron chi connectivity index (χ1n) is 3.09. The molecule has 0 N–H and O–H groups in total. The Morgan fingerprint density at radius 2 is 1.78 bits per heavy atom. The monoisotopic (exact) mass is 158 g/mol. The third-order valence-electron chi connectivity index (χ3n) is 1.84. The Labute approximate surface area is 59.5 Å². The molecule has 0 aliphatic rings. The van der Waals surface area contributed by atoms with E-state index >= 15 is 0 Å². The molecule has 9 heavy (non-hydrogen) atoms. The lowest BCUT2D eigenvalue weighted by atomic mass is 10.5. The maximum Gasteiger partial charge on any atom is -0.00401 e. The number of hydrogen-bond donors (Lipinski definition) is 0. The van der Waals surface area contributed by atoms with Gasteiger partial charge >= 0.3 is 0 Å². The molecule has 0 bridgehead atoms. The van der Waals surface area contributed by atoms with Crippen LogP contribution in [0.25, 0.3) is 0 Å².